The third-order valence-corrected chi connectivity index (χ3v) is 4.60. The predicted octanol–water partition coefficient (Wildman–Crippen LogP) is 1.14. The average Bonchev–Trinajstić information content (AvgIpc) is 3.03. The van der Waals surface area contributed by atoms with Gasteiger partial charge in [0, 0.05) is 51.0 Å². The number of nitrogens with one attached hydrogen (secondary N) is 2. The maximum atomic E-state index is 12.2. The van der Waals surface area contributed by atoms with E-state index in [-0.39, 0.29) is 11.6 Å². The third-order valence-electron chi connectivity index (χ3n) is 4.60. The van der Waals surface area contributed by atoms with Crippen LogP contribution < -0.4 is 10.9 Å². The highest BCUT2D eigenvalue weighted by atomic mass is 16.2. The van der Waals surface area contributed by atoms with Crippen molar-refractivity contribution >= 4 is 6.03 Å². The first-order valence-corrected chi connectivity index (χ1v) is 8.16. The zero-order valence-corrected chi connectivity index (χ0v) is 12.9. The molecule has 6 heteroatoms. The number of carbonyl (C=O) groups excluding carboxylic acids is 1. The minimum absolute atomic E-state index is 0.0721. The van der Waals surface area contributed by atoms with Crippen molar-refractivity contribution in [2.75, 3.05) is 26.2 Å². The molecule has 2 N–H and O–H groups in total. The first-order chi connectivity index (χ1) is 10.7. The lowest BCUT2D eigenvalue weighted by atomic mass is 10.2. The van der Waals surface area contributed by atoms with Crippen LogP contribution in [-0.4, -0.2) is 53.0 Å². The number of hydrogen-bond acceptors (Lipinski definition) is 3. The van der Waals surface area contributed by atoms with Gasteiger partial charge in [-0.3, -0.25) is 9.69 Å². The van der Waals surface area contributed by atoms with Crippen LogP contribution in [0.5, 0.6) is 0 Å². The SMILES string of the molecule is O=C(NC1CCCC1)N1CCN(Cc2ccc(=O)[nH]c2)CC1. The van der Waals surface area contributed by atoms with E-state index in [1.54, 1.807) is 12.3 Å². The summed E-state index contributed by atoms with van der Waals surface area (Å²) < 4.78 is 0. The second-order valence-corrected chi connectivity index (χ2v) is 6.26. The summed E-state index contributed by atoms with van der Waals surface area (Å²) >= 11 is 0. The lowest BCUT2D eigenvalue weighted by Gasteiger charge is -2.35. The number of aromatic amines is 1. The Hall–Kier alpha value is -1.82. The summed E-state index contributed by atoms with van der Waals surface area (Å²) in [4.78, 5) is 30.2. The molecule has 2 heterocycles. The summed E-state index contributed by atoms with van der Waals surface area (Å²) in [6.07, 6.45) is 6.48. The molecular weight excluding hydrogens is 280 g/mol. The van der Waals surface area contributed by atoms with Crippen molar-refractivity contribution in [2.45, 2.75) is 38.3 Å². The number of hydrogen-bond donors (Lipinski definition) is 2. The molecule has 1 saturated carbocycles. The molecule has 0 radical (unpaired) electrons. The molecule has 2 fully saturated rings. The number of H-pyrrole nitrogens is 1. The molecule has 6 nitrogen and oxygen atoms in total. The van der Waals surface area contributed by atoms with E-state index in [9.17, 15) is 9.59 Å². The second-order valence-electron chi connectivity index (χ2n) is 6.26. The van der Waals surface area contributed by atoms with Crippen molar-refractivity contribution in [3.63, 3.8) is 0 Å². The van der Waals surface area contributed by atoms with Crippen molar-refractivity contribution in [3.05, 3.63) is 34.2 Å². The number of carbonyl (C=O) groups is 1. The average molecular weight is 304 g/mol. The van der Waals surface area contributed by atoms with Crippen LogP contribution >= 0.6 is 0 Å². The molecule has 0 spiro atoms. The van der Waals surface area contributed by atoms with Gasteiger partial charge in [-0.1, -0.05) is 18.9 Å². The van der Waals surface area contributed by atoms with Crippen LogP contribution in [0.15, 0.2) is 23.1 Å². The van der Waals surface area contributed by atoms with Gasteiger partial charge in [-0.15, -0.1) is 0 Å². The Balaban J connectivity index is 1.44. The van der Waals surface area contributed by atoms with E-state index < -0.39 is 0 Å². The molecule has 1 aliphatic heterocycles. The first kappa shape index (κ1) is 15.1. The number of aromatic nitrogens is 1. The molecule has 0 unspecified atom stereocenters. The molecule has 1 aromatic heterocycles. The van der Waals surface area contributed by atoms with Crippen LogP contribution in [0.4, 0.5) is 4.79 Å². The Morgan fingerprint density at radius 1 is 1.18 bits per heavy atom. The van der Waals surface area contributed by atoms with Gasteiger partial charge in [0.05, 0.1) is 0 Å². The number of pyridine rings is 1. The number of urea groups is 1. The van der Waals surface area contributed by atoms with Gasteiger partial charge >= 0.3 is 6.03 Å². The van der Waals surface area contributed by atoms with Gasteiger partial charge in [-0.05, 0) is 18.4 Å². The van der Waals surface area contributed by atoms with Crippen molar-refractivity contribution in [1.29, 1.82) is 0 Å². The number of rotatable bonds is 3. The fourth-order valence-electron chi connectivity index (χ4n) is 3.24. The van der Waals surface area contributed by atoms with Crippen molar-refractivity contribution in [3.8, 4) is 0 Å². The Morgan fingerprint density at radius 2 is 1.91 bits per heavy atom. The van der Waals surface area contributed by atoms with E-state index in [0.717, 1.165) is 51.1 Å². The summed E-state index contributed by atoms with van der Waals surface area (Å²) in [6, 6.07) is 3.89. The summed E-state index contributed by atoms with van der Waals surface area (Å²) in [5.74, 6) is 0. The van der Waals surface area contributed by atoms with E-state index in [1.807, 2.05) is 11.0 Å². The smallest absolute Gasteiger partial charge is 0.317 e. The fraction of sp³-hybridized carbons (Fsp3) is 0.625. The van der Waals surface area contributed by atoms with Crippen molar-refractivity contribution in [1.82, 2.24) is 20.1 Å². The van der Waals surface area contributed by atoms with Gasteiger partial charge in [0.1, 0.15) is 0 Å². The quantitative estimate of drug-likeness (QED) is 0.880. The van der Waals surface area contributed by atoms with Crippen LogP contribution in [0.1, 0.15) is 31.2 Å². The lowest BCUT2D eigenvalue weighted by Crippen LogP contribution is -2.52. The van der Waals surface area contributed by atoms with E-state index in [1.165, 1.54) is 12.8 Å². The van der Waals surface area contributed by atoms with Gasteiger partial charge in [0.2, 0.25) is 5.56 Å². The molecule has 2 amide bonds. The zero-order valence-electron chi connectivity index (χ0n) is 12.9. The normalized spacial score (nSPS) is 20.3. The highest BCUT2D eigenvalue weighted by molar-refractivity contribution is 5.74. The summed E-state index contributed by atoms with van der Waals surface area (Å²) in [7, 11) is 0. The van der Waals surface area contributed by atoms with Crippen LogP contribution in [0.25, 0.3) is 0 Å². The molecule has 1 aromatic rings. The minimum Gasteiger partial charge on any atom is -0.335 e. The minimum atomic E-state index is -0.0721. The first-order valence-electron chi connectivity index (χ1n) is 8.16. The van der Waals surface area contributed by atoms with Crippen LogP contribution in [0.2, 0.25) is 0 Å². The summed E-state index contributed by atoms with van der Waals surface area (Å²) in [5.41, 5.74) is 1.03. The van der Waals surface area contributed by atoms with Gasteiger partial charge in [0.25, 0.3) is 0 Å². The molecular formula is C16H24N4O2. The number of nitrogens with zero attached hydrogens (tertiary/aromatic N) is 2. The molecule has 0 bridgehead atoms. The zero-order chi connectivity index (χ0) is 15.4. The molecule has 120 valence electrons. The third kappa shape index (κ3) is 3.88. The van der Waals surface area contributed by atoms with Gasteiger partial charge < -0.3 is 15.2 Å². The van der Waals surface area contributed by atoms with Crippen molar-refractivity contribution in [2.24, 2.45) is 0 Å². The van der Waals surface area contributed by atoms with Crippen LogP contribution in [0.3, 0.4) is 0 Å². The number of piperazine rings is 1. The Kier molecular flexibility index (Phi) is 4.77. The standard InChI is InChI=1S/C16H24N4O2/c21-15-6-5-13(11-17-15)12-19-7-9-20(10-8-19)16(22)18-14-3-1-2-4-14/h5-6,11,14H,1-4,7-10,12H2,(H,17,21)(H,18,22). The molecule has 0 aromatic carbocycles. The van der Waals surface area contributed by atoms with Crippen molar-refractivity contribution < 1.29 is 4.79 Å². The summed E-state index contributed by atoms with van der Waals surface area (Å²) in [6.45, 7) is 4.09. The fourth-order valence-corrected chi connectivity index (χ4v) is 3.24. The Bertz CT molecular complexity index is 537. The Labute approximate surface area is 130 Å². The molecule has 1 saturated heterocycles. The van der Waals surface area contributed by atoms with Gasteiger partial charge in [-0.25, -0.2) is 4.79 Å². The highest BCUT2D eigenvalue weighted by Gasteiger charge is 2.24. The predicted molar refractivity (Wildman–Crippen MR) is 84.7 cm³/mol. The topological polar surface area (TPSA) is 68.4 Å². The van der Waals surface area contributed by atoms with Crippen LogP contribution in [0, 0.1) is 0 Å². The maximum absolute atomic E-state index is 12.2. The van der Waals surface area contributed by atoms with E-state index in [2.05, 4.69) is 15.2 Å². The highest BCUT2D eigenvalue weighted by Crippen LogP contribution is 2.18. The molecule has 1 aliphatic carbocycles. The Morgan fingerprint density at radius 3 is 2.55 bits per heavy atom. The lowest BCUT2D eigenvalue weighted by molar-refractivity contribution is 0.133. The molecule has 3 rings (SSSR count). The van der Waals surface area contributed by atoms with Gasteiger partial charge in [-0.2, -0.15) is 0 Å². The molecule has 2 aliphatic rings. The maximum Gasteiger partial charge on any atom is 0.317 e. The summed E-state index contributed by atoms with van der Waals surface area (Å²) in [5, 5.41) is 3.15. The molecule has 22 heavy (non-hydrogen) atoms. The van der Waals surface area contributed by atoms with E-state index >= 15 is 0 Å². The molecule has 0 atom stereocenters. The largest absolute Gasteiger partial charge is 0.335 e. The van der Waals surface area contributed by atoms with E-state index in [0.29, 0.717) is 6.04 Å². The van der Waals surface area contributed by atoms with E-state index in [4.69, 9.17) is 0 Å². The second kappa shape index (κ2) is 6.96. The monoisotopic (exact) mass is 304 g/mol. The number of amides is 2. The van der Waals surface area contributed by atoms with Crippen LogP contribution in [-0.2, 0) is 6.54 Å². The van der Waals surface area contributed by atoms with Gasteiger partial charge in [0.15, 0.2) is 0 Å².